The van der Waals surface area contributed by atoms with E-state index in [4.69, 9.17) is 0 Å². The van der Waals surface area contributed by atoms with Crippen LogP contribution in [0, 0.1) is 10.1 Å². The number of carbonyl (C=O) groups excluding carboxylic acids is 1. The summed E-state index contributed by atoms with van der Waals surface area (Å²) in [7, 11) is 0.845. The van der Waals surface area contributed by atoms with Gasteiger partial charge in [-0.1, -0.05) is 0 Å². The van der Waals surface area contributed by atoms with E-state index < -0.39 is 39.9 Å². The third kappa shape index (κ3) is 3.43. The second-order valence-corrected chi connectivity index (χ2v) is 3.02. The quantitative estimate of drug-likeness (QED) is 0.502. The fourth-order valence-corrected chi connectivity index (χ4v) is 1.16. The minimum absolute atomic E-state index is 0.360. The number of nitro groups is 1. The molecule has 0 radical (unpaired) electrons. The van der Waals surface area contributed by atoms with Gasteiger partial charge in [0, 0.05) is 6.07 Å². The Morgan fingerprint density at radius 3 is 2.47 bits per heavy atom. The van der Waals surface area contributed by atoms with Crippen LogP contribution in [0.15, 0.2) is 10.9 Å². The molecule has 11 heteroatoms. The Kier molecular flexibility index (Phi) is 3.77. The number of alkyl halides is 3. The summed E-state index contributed by atoms with van der Waals surface area (Å²) in [4.78, 5) is 33.3. The largest absolute Gasteiger partial charge is 0.574 e. The summed E-state index contributed by atoms with van der Waals surface area (Å²) in [6.45, 7) is 0. The SMILES string of the molecule is COC(=O)c1cc(OC(F)(F)F)[nH]c(=O)c1[N+](=O)[O-]. The molecule has 0 aromatic carbocycles. The number of carbonyl (C=O) groups is 1. The number of aromatic amines is 1. The van der Waals surface area contributed by atoms with E-state index in [0.717, 1.165) is 7.11 Å². The highest BCUT2D eigenvalue weighted by Gasteiger charge is 2.34. The average molecular weight is 282 g/mol. The van der Waals surface area contributed by atoms with Crippen LogP contribution in [0.1, 0.15) is 10.4 Å². The molecule has 0 aliphatic carbocycles. The number of rotatable bonds is 3. The van der Waals surface area contributed by atoms with E-state index in [-0.39, 0.29) is 0 Å². The molecule has 1 rings (SSSR count). The van der Waals surface area contributed by atoms with E-state index in [1.54, 1.807) is 0 Å². The number of aromatic nitrogens is 1. The molecule has 0 amide bonds. The minimum Gasteiger partial charge on any atom is -0.465 e. The first-order chi connectivity index (χ1) is 8.65. The molecule has 19 heavy (non-hydrogen) atoms. The number of ether oxygens (including phenoxy) is 2. The topological polar surface area (TPSA) is 112 Å². The molecule has 1 aromatic heterocycles. The van der Waals surface area contributed by atoms with Crippen molar-refractivity contribution in [1.29, 1.82) is 0 Å². The summed E-state index contributed by atoms with van der Waals surface area (Å²) >= 11 is 0. The Hall–Kier alpha value is -2.59. The van der Waals surface area contributed by atoms with Crippen LogP contribution in [0.25, 0.3) is 0 Å². The lowest BCUT2D eigenvalue weighted by Crippen LogP contribution is -2.23. The van der Waals surface area contributed by atoms with E-state index in [1.165, 1.54) is 4.98 Å². The van der Waals surface area contributed by atoms with Crippen LogP contribution in [0.3, 0.4) is 0 Å². The summed E-state index contributed by atoms with van der Waals surface area (Å²) in [5, 5.41) is 10.6. The third-order valence-corrected chi connectivity index (χ3v) is 1.80. The first-order valence-corrected chi connectivity index (χ1v) is 4.41. The Bertz CT molecular complexity index is 579. The predicted octanol–water partition coefficient (Wildman–Crippen LogP) is 0.968. The zero-order valence-corrected chi connectivity index (χ0v) is 9.11. The monoisotopic (exact) mass is 282 g/mol. The second kappa shape index (κ2) is 4.96. The second-order valence-electron chi connectivity index (χ2n) is 3.02. The molecule has 0 saturated heterocycles. The number of hydrogen-bond donors (Lipinski definition) is 1. The number of methoxy groups -OCH3 is 1. The fourth-order valence-electron chi connectivity index (χ4n) is 1.16. The van der Waals surface area contributed by atoms with Crippen LogP contribution in [0.5, 0.6) is 5.88 Å². The first kappa shape index (κ1) is 14.5. The Morgan fingerprint density at radius 2 is 2.05 bits per heavy atom. The van der Waals surface area contributed by atoms with Crippen molar-refractivity contribution in [3.8, 4) is 5.88 Å². The molecule has 0 fully saturated rings. The molecule has 8 nitrogen and oxygen atoms in total. The van der Waals surface area contributed by atoms with E-state index in [0.29, 0.717) is 6.07 Å². The standard InChI is InChI=1S/C8H5F3N2O6/c1-18-7(15)3-2-4(19-8(9,10)11)12-6(14)5(3)13(16)17/h2H,1H3,(H,12,14). The van der Waals surface area contributed by atoms with E-state index in [2.05, 4.69) is 9.47 Å². The number of nitrogens with zero attached hydrogens (tertiary/aromatic N) is 1. The molecule has 0 aliphatic heterocycles. The molecule has 0 spiro atoms. The highest BCUT2D eigenvalue weighted by molar-refractivity contribution is 5.93. The van der Waals surface area contributed by atoms with Gasteiger partial charge in [-0.25, -0.2) is 4.79 Å². The van der Waals surface area contributed by atoms with Gasteiger partial charge in [0.25, 0.3) is 0 Å². The zero-order chi connectivity index (χ0) is 14.8. The van der Waals surface area contributed by atoms with Crippen molar-refractivity contribution in [2.24, 2.45) is 0 Å². The van der Waals surface area contributed by atoms with Crippen molar-refractivity contribution in [3.05, 3.63) is 32.1 Å². The maximum atomic E-state index is 12.0. The molecule has 1 heterocycles. The Morgan fingerprint density at radius 1 is 1.47 bits per heavy atom. The fraction of sp³-hybridized carbons (Fsp3) is 0.250. The van der Waals surface area contributed by atoms with E-state index in [1.807, 2.05) is 0 Å². The van der Waals surface area contributed by atoms with Crippen LogP contribution in [-0.2, 0) is 4.74 Å². The average Bonchev–Trinajstić information content (AvgIpc) is 2.24. The van der Waals surface area contributed by atoms with Crippen molar-refractivity contribution >= 4 is 11.7 Å². The van der Waals surface area contributed by atoms with Gasteiger partial charge in [-0.15, -0.1) is 13.2 Å². The van der Waals surface area contributed by atoms with Gasteiger partial charge >= 0.3 is 23.6 Å². The van der Waals surface area contributed by atoms with E-state index in [9.17, 15) is 32.9 Å². The number of halogens is 3. The normalized spacial score (nSPS) is 10.9. The highest BCUT2D eigenvalue weighted by Crippen LogP contribution is 2.23. The van der Waals surface area contributed by atoms with Crippen molar-refractivity contribution in [2.45, 2.75) is 6.36 Å². The molecule has 0 bridgehead atoms. The summed E-state index contributed by atoms with van der Waals surface area (Å²) in [6, 6.07) is 0.360. The molecular formula is C8H5F3N2O6. The van der Waals surface area contributed by atoms with E-state index >= 15 is 0 Å². The van der Waals surface area contributed by atoms with Crippen molar-refractivity contribution in [2.75, 3.05) is 7.11 Å². The molecule has 0 aliphatic rings. The third-order valence-electron chi connectivity index (χ3n) is 1.80. The van der Waals surface area contributed by atoms with Crippen LogP contribution < -0.4 is 10.3 Å². The molecule has 0 atom stereocenters. The lowest BCUT2D eigenvalue weighted by molar-refractivity contribution is -0.386. The summed E-state index contributed by atoms with van der Waals surface area (Å²) in [6.07, 6.45) is -5.13. The van der Waals surface area contributed by atoms with Crippen molar-refractivity contribution < 1.29 is 32.4 Å². The van der Waals surface area contributed by atoms with Gasteiger partial charge in [0.1, 0.15) is 5.56 Å². The molecule has 1 aromatic rings. The number of esters is 1. The maximum Gasteiger partial charge on any atom is 0.574 e. The van der Waals surface area contributed by atoms with Gasteiger partial charge < -0.3 is 9.47 Å². The molecule has 0 saturated carbocycles. The smallest absolute Gasteiger partial charge is 0.465 e. The maximum absolute atomic E-state index is 12.0. The summed E-state index contributed by atoms with van der Waals surface area (Å²) < 4.78 is 43.4. The van der Waals surface area contributed by atoms with Gasteiger partial charge in [-0.3, -0.25) is 19.9 Å². The van der Waals surface area contributed by atoms with Gasteiger partial charge in [0.2, 0.25) is 5.88 Å². The summed E-state index contributed by atoms with van der Waals surface area (Å²) in [5.74, 6) is -2.51. The lowest BCUT2D eigenvalue weighted by Gasteiger charge is -2.09. The minimum atomic E-state index is -5.13. The lowest BCUT2D eigenvalue weighted by atomic mass is 10.2. The van der Waals surface area contributed by atoms with Crippen molar-refractivity contribution in [1.82, 2.24) is 4.98 Å². The number of pyridine rings is 1. The number of H-pyrrole nitrogens is 1. The van der Waals surface area contributed by atoms with Crippen LogP contribution in [0.4, 0.5) is 18.9 Å². The Balaban J connectivity index is 3.44. The van der Waals surface area contributed by atoms with Gasteiger partial charge in [0.15, 0.2) is 0 Å². The highest BCUT2D eigenvalue weighted by atomic mass is 19.4. The molecule has 104 valence electrons. The number of nitrogens with one attached hydrogen (secondary N) is 1. The first-order valence-electron chi connectivity index (χ1n) is 4.41. The summed E-state index contributed by atoms with van der Waals surface area (Å²) in [5.41, 5.74) is -3.70. The van der Waals surface area contributed by atoms with Crippen molar-refractivity contribution in [3.63, 3.8) is 0 Å². The molecule has 0 unspecified atom stereocenters. The molecular weight excluding hydrogens is 277 g/mol. The Labute approximate surface area is 101 Å². The molecule has 1 N–H and O–H groups in total. The van der Waals surface area contributed by atoms with Gasteiger partial charge in [-0.05, 0) is 0 Å². The number of hydrogen-bond acceptors (Lipinski definition) is 6. The predicted molar refractivity (Wildman–Crippen MR) is 51.7 cm³/mol. The van der Waals surface area contributed by atoms with Crippen LogP contribution in [0.2, 0.25) is 0 Å². The zero-order valence-electron chi connectivity index (χ0n) is 9.11. The van der Waals surface area contributed by atoms with Crippen LogP contribution >= 0.6 is 0 Å². The van der Waals surface area contributed by atoms with Gasteiger partial charge in [0.05, 0.1) is 12.0 Å². The van der Waals surface area contributed by atoms with Gasteiger partial charge in [-0.2, -0.15) is 0 Å². The van der Waals surface area contributed by atoms with Crippen LogP contribution in [-0.4, -0.2) is 29.3 Å².